The Balaban J connectivity index is 2.13. The van der Waals surface area contributed by atoms with E-state index in [0.29, 0.717) is 17.8 Å². The number of nitrogens with two attached hydrogens (primary N) is 1. The Hall–Kier alpha value is -0.260. The summed E-state index contributed by atoms with van der Waals surface area (Å²) in [5.41, 5.74) is 5.63. The molecule has 1 aliphatic rings. The van der Waals surface area contributed by atoms with Crippen molar-refractivity contribution in [2.75, 3.05) is 19.5 Å². The van der Waals surface area contributed by atoms with E-state index in [2.05, 4.69) is 11.7 Å². The molecule has 0 spiro atoms. The van der Waals surface area contributed by atoms with E-state index in [9.17, 15) is 4.79 Å². The summed E-state index contributed by atoms with van der Waals surface area (Å²) in [6.45, 7) is 2.94. The van der Waals surface area contributed by atoms with Crippen LogP contribution in [-0.2, 0) is 14.3 Å². The molecule has 0 aromatic carbocycles. The first kappa shape index (κ1) is 12.8. The molecule has 1 rings (SSSR count). The Morgan fingerprint density at radius 3 is 3.00 bits per heavy atom. The fraction of sp³-hybridized carbons (Fsp3) is 0.900. The molecule has 0 bridgehead atoms. The van der Waals surface area contributed by atoms with Crippen LogP contribution in [-0.4, -0.2) is 42.8 Å². The largest absolute Gasteiger partial charge is 0.468 e. The van der Waals surface area contributed by atoms with E-state index in [1.54, 1.807) is 0 Å². The third kappa shape index (κ3) is 4.01. The van der Waals surface area contributed by atoms with E-state index < -0.39 is 6.04 Å². The summed E-state index contributed by atoms with van der Waals surface area (Å²) in [6, 6.07) is -0.486. The van der Waals surface area contributed by atoms with Crippen molar-refractivity contribution in [3.05, 3.63) is 0 Å². The van der Waals surface area contributed by atoms with E-state index in [-0.39, 0.29) is 5.97 Å². The summed E-state index contributed by atoms with van der Waals surface area (Å²) >= 11 is 1.84. The molecule has 88 valence electrons. The zero-order valence-corrected chi connectivity index (χ0v) is 10.1. The number of hydrogen-bond acceptors (Lipinski definition) is 5. The van der Waals surface area contributed by atoms with Crippen molar-refractivity contribution in [3.63, 3.8) is 0 Å². The third-order valence-corrected chi connectivity index (χ3v) is 4.09. The highest BCUT2D eigenvalue weighted by atomic mass is 32.2. The molecule has 3 atom stereocenters. The van der Waals surface area contributed by atoms with Gasteiger partial charge in [0.25, 0.3) is 0 Å². The van der Waals surface area contributed by atoms with Crippen molar-refractivity contribution in [3.8, 4) is 0 Å². The van der Waals surface area contributed by atoms with Crippen molar-refractivity contribution >= 4 is 17.7 Å². The van der Waals surface area contributed by atoms with Gasteiger partial charge in [-0.15, -0.1) is 0 Å². The van der Waals surface area contributed by atoms with Crippen molar-refractivity contribution < 1.29 is 14.3 Å². The van der Waals surface area contributed by atoms with Crippen LogP contribution in [0.4, 0.5) is 0 Å². The molecule has 1 saturated heterocycles. The summed E-state index contributed by atoms with van der Waals surface area (Å²) < 4.78 is 10.0. The monoisotopic (exact) mass is 233 g/mol. The minimum atomic E-state index is -0.486. The highest BCUT2D eigenvalue weighted by Gasteiger charge is 2.24. The lowest BCUT2D eigenvalue weighted by atomic mass is 10.2. The molecule has 0 aromatic heterocycles. The van der Waals surface area contributed by atoms with E-state index in [1.807, 2.05) is 11.8 Å². The van der Waals surface area contributed by atoms with Crippen molar-refractivity contribution in [1.29, 1.82) is 0 Å². The molecular weight excluding hydrogens is 214 g/mol. The van der Waals surface area contributed by atoms with Gasteiger partial charge in [-0.3, -0.25) is 4.79 Å². The van der Waals surface area contributed by atoms with Gasteiger partial charge >= 0.3 is 5.97 Å². The first-order valence-corrected chi connectivity index (χ1v) is 6.26. The summed E-state index contributed by atoms with van der Waals surface area (Å²) in [5, 5.41) is 0.551. The first-order chi connectivity index (χ1) is 7.15. The number of rotatable bonds is 5. The van der Waals surface area contributed by atoms with Gasteiger partial charge in [-0.2, -0.15) is 11.8 Å². The van der Waals surface area contributed by atoms with Gasteiger partial charge in [0.1, 0.15) is 6.04 Å². The summed E-state index contributed by atoms with van der Waals surface area (Å²) in [4.78, 5) is 11.0. The topological polar surface area (TPSA) is 61.5 Å². The maximum atomic E-state index is 11.0. The molecular formula is C10H19NO3S. The minimum absolute atomic E-state index is 0.323. The molecule has 0 aromatic rings. The number of carbonyl (C=O) groups is 1. The molecule has 0 amide bonds. The second-order valence-corrected chi connectivity index (χ2v) is 5.04. The van der Waals surface area contributed by atoms with Crippen LogP contribution < -0.4 is 5.73 Å². The number of hydrogen-bond donors (Lipinski definition) is 1. The van der Waals surface area contributed by atoms with E-state index >= 15 is 0 Å². The normalized spacial score (nSPS) is 27.7. The van der Waals surface area contributed by atoms with Crippen LogP contribution in [0.1, 0.15) is 19.8 Å². The predicted molar refractivity (Wildman–Crippen MR) is 60.9 cm³/mol. The smallest absolute Gasteiger partial charge is 0.322 e. The van der Waals surface area contributed by atoms with Gasteiger partial charge in [-0.25, -0.2) is 0 Å². The molecule has 2 N–H and O–H groups in total. The lowest BCUT2D eigenvalue weighted by Crippen LogP contribution is -2.32. The highest BCUT2D eigenvalue weighted by molar-refractivity contribution is 7.99. The van der Waals surface area contributed by atoms with Crippen LogP contribution in [0.25, 0.3) is 0 Å². The van der Waals surface area contributed by atoms with Crippen molar-refractivity contribution in [2.24, 2.45) is 5.73 Å². The maximum absolute atomic E-state index is 11.0. The van der Waals surface area contributed by atoms with Crippen LogP contribution >= 0.6 is 11.8 Å². The average molecular weight is 233 g/mol. The zero-order chi connectivity index (χ0) is 11.3. The SMILES string of the molecule is COC(=O)C(N)CCSC1CCOC1C. The Kier molecular flexibility index (Phi) is 5.42. The Bertz CT molecular complexity index is 213. The highest BCUT2D eigenvalue weighted by Crippen LogP contribution is 2.26. The molecule has 4 nitrogen and oxygen atoms in total. The molecule has 5 heteroatoms. The van der Waals surface area contributed by atoms with Gasteiger partial charge in [0.05, 0.1) is 13.2 Å². The van der Waals surface area contributed by atoms with Gasteiger partial charge in [0.15, 0.2) is 0 Å². The second-order valence-electron chi connectivity index (χ2n) is 3.69. The quantitative estimate of drug-likeness (QED) is 0.711. The Morgan fingerprint density at radius 1 is 1.73 bits per heavy atom. The van der Waals surface area contributed by atoms with Crippen LogP contribution in [0.5, 0.6) is 0 Å². The van der Waals surface area contributed by atoms with E-state index in [0.717, 1.165) is 18.8 Å². The van der Waals surface area contributed by atoms with Crippen molar-refractivity contribution in [1.82, 2.24) is 0 Å². The van der Waals surface area contributed by atoms with Gasteiger partial charge in [0.2, 0.25) is 0 Å². The second kappa shape index (κ2) is 6.35. The van der Waals surface area contributed by atoms with Crippen LogP contribution in [0.3, 0.4) is 0 Å². The van der Waals surface area contributed by atoms with Crippen molar-refractivity contribution in [2.45, 2.75) is 37.2 Å². The number of thioether (sulfide) groups is 1. The minimum Gasteiger partial charge on any atom is -0.468 e. The number of esters is 1. The average Bonchev–Trinajstić information content (AvgIpc) is 2.63. The fourth-order valence-corrected chi connectivity index (χ4v) is 2.85. The Morgan fingerprint density at radius 2 is 2.47 bits per heavy atom. The molecule has 0 aliphatic carbocycles. The maximum Gasteiger partial charge on any atom is 0.322 e. The van der Waals surface area contributed by atoms with Gasteiger partial charge < -0.3 is 15.2 Å². The van der Waals surface area contributed by atoms with E-state index in [4.69, 9.17) is 10.5 Å². The van der Waals surface area contributed by atoms with Crippen LogP contribution in [0.15, 0.2) is 0 Å². The number of carbonyl (C=O) groups excluding carboxylic acids is 1. The molecule has 1 aliphatic heterocycles. The third-order valence-electron chi connectivity index (χ3n) is 2.57. The summed E-state index contributed by atoms with van der Waals surface area (Å²) in [7, 11) is 1.36. The molecule has 0 saturated carbocycles. The van der Waals surface area contributed by atoms with E-state index in [1.165, 1.54) is 7.11 Å². The lowest BCUT2D eigenvalue weighted by Gasteiger charge is -2.14. The predicted octanol–water partition coefficient (Wildman–Crippen LogP) is 0.787. The molecule has 1 fully saturated rings. The van der Waals surface area contributed by atoms with Crippen LogP contribution in [0, 0.1) is 0 Å². The van der Waals surface area contributed by atoms with Gasteiger partial charge in [-0.05, 0) is 25.5 Å². The number of methoxy groups -OCH3 is 1. The summed E-state index contributed by atoms with van der Waals surface area (Å²) in [6.07, 6.45) is 2.09. The molecule has 3 unspecified atom stereocenters. The Labute approximate surface area is 94.9 Å². The van der Waals surface area contributed by atoms with Gasteiger partial charge in [-0.1, -0.05) is 0 Å². The summed E-state index contributed by atoms with van der Waals surface area (Å²) in [5.74, 6) is 0.556. The first-order valence-electron chi connectivity index (χ1n) is 5.21. The standard InChI is InChI=1S/C10H19NO3S/c1-7-9(3-5-14-7)15-6-4-8(11)10(12)13-2/h7-9H,3-6,11H2,1-2H3. The lowest BCUT2D eigenvalue weighted by molar-refractivity contribution is -0.142. The van der Waals surface area contributed by atoms with Gasteiger partial charge in [0, 0.05) is 11.9 Å². The molecule has 1 heterocycles. The zero-order valence-electron chi connectivity index (χ0n) is 9.27. The molecule has 15 heavy (non-hydrogen) atoms. The van der Waals surface area contributed by atoms with Crippen LogP contribution in [0.2, 0.25) is 0 Å². The fourth-order valence-electron chi connectivity index (χ4n) is 1.55. The molecule has 0 radical (unpaired) electrons. The number of ether oxygens (including phenoxy) is 2.